The Labute approximate surface area is 246 Å². The monoisotopic (exact) mass is 592 g/mol. The molecule has 0 spiro atoms. The Bertz CT molecular complexity index is 1140. The van der Waals surface area contributed by atoms with Crippen LogP contribution in [0.5, 0.6) is 0 Å². The van der Waals surface area contributed by atoms with Gasteiger partial charge in [-0.15, -0.1) is 0 Å². The fourth-order valence-corrected chi connectivity index (χ4v) is 6.55. The molecule has 3 rings (SSSR count). The third-order valence-corrected chi connectivity index (χ3v) is 8.93. The summed E-state index contributed by atoms with van der Waals surface area (Å²) in [5, 5.41) is 12.1. The molecule has 0 radical (unpaired) electrons. The number of hydrogen-bond donors (Lipinski definition) is 1. The lowest BCUT2D eigenvalue weighted by atomic mass is 9.78. The van der Waals surface area contributed by atoms with Gasteiger partial charge in [0.05, 0.1) is 11.8 Å². The summed E-state index contributed by atoms with van der Waals surface area (Å²) in [4.78, 5) is 63.1. The van der Waals surface area contributed by atoms with E-state index in [4.69, 9.17) is 23.7 Å². The predicted molar refractivity (Wildman–Crippen MR) is 148 cm³/mol. The van der Waals surface area contributed by atoms with Crippen molar-refractivity contribution >= 4 is 30.3 Å². The van der Waals surface area contributed by atoms with Crippen LogP contribution in [-0.4, -0.2) is 71.1 Å². The highest BCUT2D eigenvalue weighted by Gasteiger charge is 2.70. The highest BCUT2D eigenvalue weighted by Crippen LogP contribution is 2.56. The summed E-state index contributed by atoms with van der Waals surface area (Å²) < 4.78 is 28.9. The number of rotatable bonds is 12. The molecule has 2 aliphatic carbocycles. The van der Waals surface area contributed by atoms with Gasteiger partial charge in [-0.2, -0.15) is 0 Å². The molecular formula is C31H44O11. The first-order chi connectivity index (χ1) is 19.8. The molecule has 8 atom stereocenters. The summed E-state index contributed by atoms with van der Waals surface area (Å²) >= 11 is 0. The number of fused-ring (bicyclic) bond motifs is 3. The highest BCUT2D eigenvalue weighted by atomic mass is 16.6. The molecule has 234 valence electrons. The van der Waals surface area contributed by atoms with Crippen molar-refractivity contribution in [1.29, 1.82) is 0 Å². The number of aliphatic hydroxyl groups is 1. The minimum absolute atomic E-state index is 0.121. The number of allylic oxidation sites excluding steroid dienone is 1. The number of ether oxygens (including phenoxy) is 5. The average molecular weight is 593 g/mol. The fraction of sp³-hybridized carbons (Fsp3) is 0.710. The van der Waals surface area contributed by atoms with Crippen molar-refractivity contribution in [2.24, 2.45) is 11.8 Å². The number of carbonyl (C=O) groups is 5. The second-order valence-electron chi connectivity index (χ2n) is 11.8. The molecule has 0 bridgehead atoms. The van der Waals surface area contributed by atoms with Gasteiger partial charge in [-0.3, -0.25) is 19.2 Å². The second kappa shape index (κ2) is 13.4. The van der Waals surface area contributed by atoms with E-state index < -0.39 is 71.3 Å². The van der Waals surface area contributed by atoms with Gasteiger partial charge in [0.15, 0.2) is 23.9 Å². The molecule has 0 aromatic rings. The van der Waals surface area contributed by atoms with Crippen LogP contribution in [0.1, 0.15) is 93.4 Å². The molecule has 11 nitrogen and oxygen atoms in total. The van der Waals surface area contributed by atoms with Crippen LogP contribution in [0.3, 0.4) is 0 Å². The van der Waals surface area contributed by atoms with Crippen LogP contribution in [0.4, 0.5) is 0 Å². The third-order valence-electron chi connectivity index (χ3n) is 8.93. The first kappa shape index (κ1) is 33.3. The molecule has 1 heterocycles. The van der Waals surface area contributed by atoms with E-state index in [-0.39, 0.29) is 19.3 Å². The van der Waals surface area contributed by atoms with Crippen LogP contribution >= 0.6 is 0 Å². The summed E-state index contributed by atoms with van der Waals surface area (Å²) in [5.41, 5.74) is -2.58. The number of carbonyl (C=O) groups excluding carboxylic acids is 5. The van der Waals surface area contributed by atoms with Crippen molar-refractivity contribution < 1.29 is 52.8 Å². The summed E-state index contributed by atoms with van der Waals surface area (Å²) in [6.45, 7) is 11.4. The molecule has 11 heteroatoms. The van der Waals surface area contributed by atoms with Gasteiger partial charge in [-0.25, -0.2) is 4.79 Å². The maximum absolute atomic E-state index is 13.2. The zero-order valence-electron chi connectivity index (χ0n) is 25.6. The zero-order chi connectivity index (χ0) is 31.4. The van der Waals surface area contributed by atoms with Crippen LogP contribution < -0.4 is 0 Å². The predicted octanol–water partition coefficient (Wildman–Crippen LogP) is 3.64. The molecule has 0 amide bonds. The summed E-state index contributed by atoms with van der Waals surface area (Å²) in [7, 11) is 0. The van der Waals surface area contributed by atoms with E-state index in [0.717, 1.165) is 25.7 Å². The Morgan fingerprint density at radius 3 is 2.38 bits per heavy atom. The lowest BCUT2D eigenvalue weighted by Gasteiger charge is -2.40. The van der Waals surface area contributed by atoms with Gasteiger partial charge in [0.2, 0.25) is 0 Å². The van der Waals surface area contributed by atoms with Gasteiger partial charge < -0.3 is 28.8 Å². The number of hydrogen-bond acceptors (Lipinski definition) is 11. The maximum Gasteiger partial charge on any atom is 0.334 e. The van der Waals surface area contributed by atoms with E-state index in [1.165, 1.54) is 13.8 Å². The smallest absolute Gasteiger partial charge is 0.334 e. The van der Waals surface area contributed by atoms with Gasteiger partial charge in [-0.1, -0.05) is 38.7 Å². The molecule has 0 aromatic carbocycles. The van der Waals surface area contributed by atoms with E-state index in [1.807, 2.05) is 0 Å². The number of esters is 4. The fourth-order valence-electron chi connectivity index (χ4n) is 6.55. The van der Waals surface area contributed by atoms with Crippen molar-refractivity contribution in [1.82, 2.24) is 0 Å². The second-order valence-corrected chi connectivity index (χ2v) is 11.8. The lowest BCUT2D eigenvalue weighted by Crippen LogP contribution is -2.55. The Kier molecular flexibility index (Phi) is 10.6. The summed E-state index contributed by atoms with van der Waals surface area (Å²) in [5.74, 6) is -4.70. The average Bonchev–Trinajstić information content (AvgIpc) is 3.29. The van der Waals surface area contributed by atoms with E-state index in [9.17, 15) is 29.1 Å². The van der Waals surface area contributed by atoms with Crippen molar-refractivity contribution in [3.05, 3.63) is 22.8 Å². The number of unbranched alkanes of at least 4 members (excludes halogenated alkanes) is 4. The highest BCUT2D eigenvalue weighted by molar-refractivity contribution is 5.88. The van der Waals surface area contributed by atoms with E-state index >= 15 is 0 Å². The molecular weight excluding hydrogens is 548 g/mol. The minimum atomic E-state index is -2.04. The zero-order valence-corrected chi connectivity index (χ0v) is 25.6. The lowest BCUT2D eigenvalue weighted by molar-refractivity contribution is -0.189. The molecule has 1 saturated carbocycles. The molecule has 1 N–H and O–H groups in total. The van der Waals surface area contributed by atoms with E-state index in [1.54, 1.807) is 33.8 Å². The van der Waals surface area contributed by atoms with Gasteiger partial charge in [0, 0.05) is 25.3 Å². The van der Waals surface area contributed by atoms with Crippen molar-refractivity contribution in [2.45, 2.75) is 129 Å². The van der Waals surface area contributed by atoms with Gasteiger partial charge in [-0.05, 0) is 52.2 Å². The van der Waals surface area contributed by atoms with Gasteiger partial charge >= 0.3 is 23.9 Å². The Morgan fingerprint density at radius 1 is 1.12 bits per heavy atom. The topological polar surface area (TPSA) is 152 Å². The molecule has 3 aliphatic rings. The molecule has 1 aliphatic heterocycles. The van der Waals surface area contributed by atoms with E-state index in [0.29, 0.717) is 23.1 Å². The van der Waals surface area contributed by atoms with Crippen LogP contribution in [0.15, 0.2) is 22.8 Å². The molecule has 42 heavy (non-hydrogen) atoms. The van der Waals surface area contributed by atoms with Crippen molar-refractivity contribution in [3.8, 4) is 0 Å². The standard InChI is InChI=1S/C31H44O11/c1-8-10-11-12-13-14-22(34)39-26-24-23(18(4)25(26)40-28(35)17(3)9-2)27-31(37,19(5)29(36)41-27)21(38-16-32)15-30(24,7)42-20(6)33/h9,16,19,21,24-27,37H,8,10-15H2,1-7H3/b17-9-/t19-,21-,24+,25-,26-,27-,30-,31+/m0/s1. The molecule has 1 saturated heterocycles. The Balaban J connectivity index is 2.16. The normalized spacial score (nSPS) is 34.1. The quantitative estimate of drug-likeness (QED) is 0.0883. The first-order valence-corrected chi connectivity index (χ1v) is 14.7. The van der Waals surface area contributed by atoms with Crippen LogP contribution in [0, 0.1) is 11.8 Å². The summed E-state index contributed by atoms with van der Waals surface area (Å²) in [6, 6.07) is 0. The Morgan fingerprint density at radius 2 is 1.79 bits per heavy atom. The van der Waals surface area contributed by atoms with Gasteiger partial charge in [0.1, 0.15) is 11.7 Å². The van der Waals surface area contributed by atoms with Crippen LogP contribution in [0.25, 0.3) is 0 Å². The molecule has 0 aromatic heterocycles. The SMILES string of the molecule is C/C=C(/C)C(=O)O[C@H]1C(C)=C2[C@H]([C@@H]1OC(=O)CCCCCCC)[C@@](C)(OC(C)=O)C[C@H](OC=O)[C@]1(O)[C@@H](C)C(=O)O[C@@H]21. The van der Waals surface area contributed by atoms with Crippen LogP contribution in [0.2, 0.25) is 0 Å². The summed E-state index contributed by atoms with van der Waals surface area (Å²) in [6.07, 6.45) is 1.01. The largest absolute Gasteiger partial charge is 0.461 e. The van der Waals surface area contributed by atoms with Crippen molar-refractivity contribution in [2.75, 3.05) is 0 Å². The molecule has 0 unspecified atom stereocenters. The maximum atomic E-state index is 13.2. The minimum Gasteiger partial charge on any atom is -0.461 e. The van der Waals surface area contributed by atoms with Crippen molar-refractivity contribution in [3.63, 3.8) is 0 Å². The van der Waals surface area contributed by atoms with Gasteiger partial charge in [0.25, 0.3) is 6.47 Å². The molecule has 2 fully saturated rings. The third kappa shape index (κ3) is 6.26. The van der Waals surface area contributed by atoms with Crippen LogP contribution in [-0.2, 0) is 47.7 Å². The van der Waals surface area contributed by atoms with E-state index in [2.05, 4.69) is 6.92 Å². The first-order valence-electron chi connectivity index (χ1n) is 14.7. The Hall–Kier alpha value is -3.21.